The molecule has 0 saturated heterocycles. The van der Waals surface area contributed by atoms with E-state index < -0.39 is 11.4 Å². The molecule has 1 unspecified atom stereocenters. The number of aliphatic hydroxyl groups is 1. The van der Waals surface area contributed by atoms with Gasteiger partial charge in [0, 0.05) is 17.1 Å². The van der Waals surface area contributed by atoms with E-state index in [2.05, 4.69) is 20.9 Å². The van der Waals surface area contributed by atoms with E-state index in [9.17, 15) is 14.3 Å². The fourth-order valence-corrected chi connectivity index (χ4v) is 2.97. The highest BCUT2D eigenvalue weighted by atomic mass is 127. The Morgan fingerprint density at radius 2 is 2.07 bits per heavy atom. The number of hydrogen-bond donors (Lipinski definition) is 4. The predicted octanol–water partition coefficient (Wildman–Crippen LogP) is 2.91. The maximum atomic E-state index is 13.1. The van der Waals surface area contributed by atoms with Gasteiger partial charge in [-0.2, -0.15) is 0 Å². The summed E-state index contributed by atoms with van der Waals surface area (Å²) in [6, 6.07) is 9.41. The number of anilines is 1. The molecule has 0 aliphatic rings. The molecule has 0 bridgehead atoms. The molecule has 0 saturated carbocycles. The molecular formula is C18H24FIN4O2S. The van der Waals surface area contributed by atoms with Crippen LogP contribution in [0.4, 0.5) is 10.1 Å². The predicted molar refractivity (Wildman–Crippen MR) is 118 cm³/mol. The first-order valence-corrected chi connectivity index (χ1v) is 9.12. The number of guanidine groups is 1. The fraction of sp³-hybridized carbons (Fsp3) is 0.333. The van der Waals surface area contributed by atoms with Gasteiger partial charge in [-0.1, -0.05) is 12.1 Å². The molecule has 0 aliphatic carbocycles. The van der Waals surface area contributed by atoms with Crippen molar-refractivity contribution in [1.82, 2.24) is 10.6 Å². The standard InChI is InChI=1S/C18H23FN4O2S.HI/c1-3-20-17(22-12-18(2,25)15-8-5-9-26-15)21-11-16(24)23-14-7-4-6-13(19)10-14;/h4-10,25H,3,11-12H2,1-2H3,(H,23,24)(H2,20,21,22);1H. The number of hydrogen-bond acceptors (Lipinski definition) is 4. The van der Waals surface area contributed by atoms with Crippen LogP contribution in [0.1, 0.15) is 18.7 Å². The summed E-state index contributed by atoms with van der Waals surface area (Å²) in [5, 5.41) is 21.1. The number of thiophene rings is 1. The number of halogens is 2. The molecule has 0 radical (unpaired) electrons. The largest absolute Gasteiger partial charge is 0.383 e. The van der Waals surface area contributed by atoms with Gasteiger partial charge >= 0.3 is 0 Å². The lowest BCUT2D eigenvalue weighted by Gasteiger charge is -2.23. The van der Waals surface area contributed by atoms with E-state index in [-0.39, 0.29) is 43.0 Å². The Kier molecular flexibility index (Phi) is 9.67. The number of benzene rings is 1. The van der Waals surface area contributed by atoms with Crippen molar-refractivity contribution in [2.75, 3.05) is 25.0 Å². The van der Waals surface area contributed by atoms with Gasteiger partial charge in [-0.3, -0.25) is 4.79 Å². The molecule has 2 rings (SSSR count). The Morgan fingerprint density at radius 3 is 2.70 bits per heavy atom. The van der Waals surface area contributed by atoms with E-state index in [1.165, 1.54) is 29.5 Å². The lowest BCUT2D eigenvalue weighted by molar-refractivity contribution is -0.114. The van der Waals surface area contributed by atoms with Gasteiger partial charge in [0.25, 0.3) is 0 Å². The summed E-state index contributed by atoms with van der Waals surface area (Å²) in [5.41, 5.74) is -0.669. The summed E-state index contributed by atoms with van der Waals surface area (Å²) in [6.07, 6.45) is 0. The number of aliphatic imine (C=N–C) groups is 1. The lowest BCUT2D eigenvalue weighted by atomic mass is 10.1. The molecule has 0 spiro atoms. The first kappa shape index (κ1) is 23.3. The maximum Gasteiger partial charge on any atom is 0.246 e. The van der Waals surface area contributed by atoms with Gasteiger partial charge in [0.15, 0.2) is 5.96 Å². The minimum atomic E-state index is -1.05. The minimum absolute atomic E-state index is 0. The number of nitrogens with one attached hydrogen (secondary N) is 3. The number of carbonyl (C=O) groups is 1. The highest BCUT2D eigenvalue weighted by Crippen LogP contribution is 2.24. The zero-order valence-corrected chi connectivity index (χ0v) is 18.3. The number of carbonyl (C=O) groups excluding carboxylic acids is 1. The maximum absolute atomic E-state index is 13.1. The molecular weight excluding hydrogens is 482 g/mol. The Bertz CT molecular complexity index is 754. The third-order valence-electron chi connectivity index (χ3n) is 3.49. The molecule has 1 aromatic carbocycles. The SMILES string of the molecule is CCNC(=NCC(=O)Nc1cccc(F)c1)NCC(C)(O)c1cccs1.I. The van der Waals surface area contributed by atoms with Crippen molar-refractivity contribution in [2.45, 2.75) is 19.4 Å². The molecule has 0 aliphatic heterocycles. The van der Waals surface area contributed by atoms with Crippen LogP contribution in [0.5, 0.6) is 0 Å². The van der Waals surface area contributed by atoms with Crippen molar-refractivity contribution in [1.29, 1.82) is 0 Å². The topological polar surface area (TPSA) is 85.8 Å². The Balaban J connectivity index is 0.00000364. The first-order valence-electron chi connectivity index (χ1n) is 8.24. The van der Waals surface area contributed by atoms with Crippen LogP contribution in [0.2, 0.25) is 0 Å². The number of rotatable bonds is 7. The van der Waals surface area contributed by atoms with Crippen LogP contribution in [0, 0.1) is 5.82 Å². The van der Waals surface area contributed by atoms with E-state index >= 15 is 0 Å². The zero-order valence-electron chi connectivity index (χ0n) is 15.2. The van der Waals surface area contributed by atoms with Crippen LogP contribution in [0.3, 0.4) is 0 Å². The third-order valence-corrected chi connectivity index (χ3v) is 4.61. The van der Waals surface area contributed by atoms with Crippen molar-refractivity contribution in [3.05, 3.63) is 52.5 Å². The first-order chi connectivity index (χ1) is 12.4. The van der Waals surface area contributed by atoms with Crippen molar-refractivity contribution in [2.24, 2.45) is 4.99 Å². The average molecular weight is 506 g/mol. The highest BCUT2D eigenvalue weighted by molar-refractivity contribution is 14.0. The molecule has 148 valence electrons. The molecule has 1 heterocycles. The highest BCUT2D eigenvalue weighted by Gasteiger charge is 2.24. The Morgan fingerprint density at radius 1 is 1.30 bits per heavy atom. The molecule has 1 atom stereocenters. The zero-order chi connectivity index (χ0) is 19.0. The van der Waals surface area contributed by atoms with E-state index in [4.69, 9.17) is 0 Å². The fourth-order valence-electron chi connectivity index (χ4n) is 2.19. The van der Waals surface area contributed by atoms with Gasteiger partial charge in [0.05, 0.1) is 6.54 Å². The molecule has 9 heteroatoms. The van der Waals surface area contributed by atoms with E-state index in [0.29, 0.717) is 18.2 Å². The molecule has 1 aromatic heterocycles. The van der Waals surface area contributed by atoms with Gasteiger partial charge in [-0.15, -0.1) is 35.3 Å². The second kappa shape index (κ2) is 11.2. The summed E-state index contributed by atoms with van der Waals surface area (Å²) in [4.78, 5) is 17.0. The van der Waals surface area contributed by atoms with Crippen molar-refractivity contribution in [3.63, 3.8) is 0 Å². The Hall–Kier alpha value is -1.72. The summed E-state index contributed by atoms with van der Waals surface area (Å²) in [5.74, 6) is -0.367. The molecule has 1 amide bonds. The monoisotopic (exact) mass is 506 g/mol. The van der Waals surface area contributed by atoms with Gasteiger partial charge in [-0.05, 0) is 43.5 Å². The second-order valence-corrected chi connectivity index (χ2v) is 6.81. The van der Waals surface area contributed by atoms with E-state index in [0.717, 1.165) is 4.88 Å². The minimum Gasteiger partial charge on any atom is -0.383 e. The molecule has 2 aromatic rings. The smallest absolute Gasteiger partial charge is 0.246 e. The van der Waals surface area contributed by atoms with E-state index in [1.54, 1.807) is 13.0 Å². The normalized spacial score (nSPS) is 13.3. The van der Waals surface area contributed by atoms with Crippen LogP contribution in [-0.4, -0.2) is 36.6 Å². The van der Waals surface area contributed by atoms with Crippen LogP contribution in [-0.2, 0) is 10.4 Å². The van der Waals surface area contributed by atoms with Crippen LogP contribution in [0.15, 0.2) is 46.8 Å². The molecule has 6 nitrogen and oxygen atoms in total. The van der Waals surface area contributed by atoms with Crippen LogP contribution >= 0.6 is 35.3 Å². The number of amides is 1. The van der Waals surface area contributed by atoms with Gasteiger partial charge in [-0.25, -0.2) is 9.38 Å². The van der Waals surface area contributed by atoms with Crippen molar-refractivity contribution in [3.8, 4) is 0 Å². The van der Waals surface area contributed by atoms with Gasteiger partial charge in [0.2, 0.25) is 5.91 Å². The summed E-state index contributed by atoms with van der Waals surface area (Å²) in [6.45, 7) is 4.34. The number of nitrogens with zero attached hydrogens (tertiary/aromatic N) is 1. The third kappa shape index (κ3) is 7.81. The molecule has 0 fully saturated rings. The van der Waals surface area contributed by atoms with Gasteiger partial charge in [0.1, 0.15) is 18.0 Å². The van der Waals surface area contributed by atoms with Crippen LogP contribution < -0.4 is 16.0 Å². The molecule has 4 N–H and O–H groups in total. The molecule has 27 heavy (non-hydrogen) atoms. The van der Waals surface area contributed by atoms with E-state index in [1.807, 2.05) is 24.4 Å². The average Bonchev–Trinajstić information content (AvgIpc) is 3.13. The lowest BCUT2D eigenvalue weighted by Crippen LogP contribution is -2.44. The second-order valence-electron chi connectivity index (χ2n) is 5.86. The van der Waals surface area contributed by atoms with Crippen molar-refractivity contribution >= 4 is 52.9 Å². The summed E-state index contributed by atoms with van der Waals surface area (Å²) in [7, 11) is 0. The van der Waals surface area contributed by atoms with Gasteiger partial charge < -0.3 is 21.1 Å². The Labute approximate surface area is 179 Å². The van der Waals surface area contributed by atoms with Crippen LogP contribution in [0.25, 0.3) is 0 Å². The quantitative estimate of drug-likeness (QED) is 0.265. The summed E-state index contributed by atoms with van der Waals surface area (Å²) < 4.78 is 13.1. The van der Waals surface area contributed by atoms with Crippen molar-refractivity contribution < 1.29 is 14.3 Å². The summed E-state index contributed by atoms with van der Waals surface area (Å²) >= 11 is 1.47.